The van der Waals surface area contributed by atoms with Crippen molar-refractivity contribution in [1.82, 2.24) is 4.72 Å². The van der Waals surface area contributed by atoms with E-state index in [0.717, 1.165) is 5.56 Å². The van der Waals surface area contributed by atoms with Gasteiger partial charge in [0.1, 0.15) is 0 Å². The number of hydrogen-bond donors (Lipinski definition) is 1. The molecule has 1 aromatic rings. The molecule has 0 atom stereocenters. The van der Waals surface area contributed by atoms with Crippen molar-refractivity contribution in [1.29, 1.82) is 0 Å². The number of rotatable bonds is 4. The second-order valence-electron chi connectivity index (χ2n) is 5.38. The van der Waals surface area contributed by atoms with Gasteiger partial charge in [0.15, 0.2) is 5.78 Å². The number of carbonyl (C=O) groups excluding carboxylic acids is 1. The van der Waals surface area contributed by atoms with Gasteiger partial charge in [0.05, 0.1) is 4.90 Å². The Bertz CT molecular complexity index is 578. The van der Waals surface area contributed by atoms with Crippen molar-refractivity contribution in [3.63, 3.8) is 0 Å². The molecule has 0 aliphatic heterocycles. The predicted molar refractivity (Wildman–Crippen MR) is 75.1 cm³/mol. The monoisotopic (exact) mass is 281 g/mol. The zero-order valence-electron chi connectivity index (χ0n) is 11.6. The maximum atomic E-state index is 11.9. The molecule has 0 aliphatic rings. The molecule has 0 heterocycles. The first-order valence-corrected chi connectivity index (χ1v) is 7.41. The van der Waals surface area contributed by atoms with E-state index in [-0.39, 0.29) is 10.7 Å². The van der Waals surface area contributed by atoms with E-state index in [9.17, 15) is 13.2 Å². The molecule has 0 fully saturated rings. The van der Waals surface area contributed by atoms with Crippen LogP contribution in [0.25, 0.3) is 0 Å². The summed E-state index contributed by atoms with van der Waals surface area (Å²) in [5, 5.41) is 0. The quantitative estimate of drug-likeness (QED) is 0.862. The Morgan fingerprint density at radius 2 is 1.68 bits per heavy atom. The first-order chi connectivity index (χ1) is 8.63. The van der Waals surface area contributed by atoms with Crippen LogP contribution in [0.2, 0.25) is 0 Å². The smallest absolute Gasteiger partial charge is 0.261 e. The number of nitrogens with one attached hydrogen (secondary N) is 1. The van der Waals surface area contributed by atoms with Crippen LogP contribution in [0.1, 0.15) is 26.3 Å². The van der Waals surface area contributed by atoms with E-state index in [0.29, 0.717) is 0 Å². The Hall–Kier alpha value is -1.62. The minimum absolute atomic E-state index is 0.140. The fourth-order valence-corrected chi connectivity index (χ4v) is 2.11. The Kier molecular flexibility index (Phi) is 4.52. The van der Waals surface area contributed by atoms with Gasteiger partial charge in [0.25, 0.3) is 10.0 Å². The average Bonchev–Trinajstić information content (AvgIpc) is 2.28. The molecule has 4 nitrogen and oxygen atoms in total. The molecule has 0 aromatic heterocycles. The Morgan fingerprint density at radius 1 is 1.16 bits per heavy atom. The molecule has 1 rings (SSSR count). The van der Waals surface area contributed by atoms with Crippen molar-refractivity contribution in [3.05, 3.63) is 42.1 Å². The van der Waals surface area contributed by atoms with E-state index in [4.69, 9.17) is 0 Å². The third-order valence-corrected chi connectivity index (χ3v) is 3.87. The van der Waals surface area contributed by atoms with Gasteiger partial charge in [0, 0.05) is 11.6 Å². The van der Waals surface area contributed by atoms with Crippen LogP contribution >= 0.6 is 0 Å². The highest BCUT2D eigenvalue weighted by molar-refractivity contribution is 7.89. The van der Waals surface area contributed by atoms with Crippen LogP contribution in [0.3, 0.4) is 0 Å². The van der Waals surface area contributed by atoms with Gasteiger partial charge in [0.2, 0.25) is 0 Å². The summed E-state index contributed by atoms with van der Waals surface area (Å²) in [6, 6.07) is 6.49. The molecular formula is C14H19NO3S. The molecule has 0 aliphatic carbocycles. The van der Waals surface area contributed by atoms with E-state index < -0.39 is 15.4 Å². The molecule has 0 saturated heterocycles. The SMILES string of the molecule is Cc1ccc(S(=O)(=O)N/C=C\C(=O)C(C)(C)C)cc1. The Balaban J connectivity index is 2.79. The number of ketones is 1. The van der Waals surface area contributed by atoms with Crippen LogP contribution in [0.4, 0.5) is 0 Å². The van der Waals surface area contributed by atoms with Crippen LogP contribution in [-0.4, -0.2) is 14.2 Å². The van der Waals surface area contributed by atoms with Crippen molar-refractivity contribution in [2.45, 2.75) is 32.6 Å². The number of allylic oxidation sites excluding steroid dienone is 1. The molecule has 0 amide bonds. The maximum absolute atomic E-state index is 11.9. The fraction of sp³-hybridized carbons (Fsp3) is 0.357. The van der Waals surface area contributed by atoms with Gasteiger partial charge in [-0.25, -0.2) is 8.42 Å². The van der Waals surface area contributed by atoms with Gasteiger partial charge in [-0.05, 0) is 25.1 Å². The summed E-state index contributed by atoms with van der Waals surface area (Å²) in [5.41, 5.74) is 0.462. The van der Waals surface area contributed by atoms with E-state index in [1.165, 1.54) is 24.4 Å². The fourth-order valence-electron chi connectivity index (χ4n) is 1.23. The highest BCUT2D eigenvalue weighted by Crippen LogP contribution is 2.15. The topological polar surface area (TPSA) is 63.2 Å². The summed E-state index contributed by atoms with van der Waals surface area (Å²) in [6.07, 6.45) is 2.41. The zero-order chi connectivity index (χ0) is 14.7. The third-order valence-electron chi connectivity index (χ3n) is 2.53. The minimum Gasteiger partial charge on any atom is -0.294 e. The average molecular weight is 281 g/mol. The van der Waals surface area contributed by atoms with Crippen molar-refractivity contribution in [3.8, 4) is 0 Å². The normalized spacial score (nSPS) is 12.6. The van der Waals surface area contributed by atoms with Crippen molar-refractivity contribution >= 4 is 15.8 Å². The van der Waals surface area contributed by atoms with Crippen LogP contribution in [0.5, 0.6) is 0 Å². The first kappa shape index (κ1) is 15.4. The van der Waals surface area contributed by atoms with Gasteiger partial charge >= 0.3 is 0 Å². The van der Waals surface area contributed by atoms with Crippen molar-refractivity contribution in [2.75, 3.05) is 0 Å². The van der Waals surface area contributed by atoms with E-state index in [2.05, 4.69) is 4.72 Å². The van der Waals surface area contributed by atoms with Gasteiger partial charge in [-0.3, -0.25) is 9.52 Å². The second-order valence-corrected chi connectivity index (χ2v) is 7.10. The van der Waals surface area contributed by atoms with Crippen LogP contribution in [0, 0.1) is 12.3 Å². The number of carbonyl (C=O) groups is 1. The number of hydrogen-bond acceptors (Lipinski definition) is 3. The molecule has 1 aromatic carbocycles. The predicted octanol–water partition coefficient (Wildman–Crippen LogP) is 2.40. The Labute approximate surface area is 114 Å². The summed E-state index contributed by atoms with van der Waals surface area (Å²) in [7, 11) is -3.61. The molecule has 5 heteroatoms. The largest absolute Gasteiger partial charge is 0.294 e. The van der Waals surface area contributed by atoms with Gasteiger partial charge in [-0.15, -0.1) is 0 Å². The molecule has 19 heavy (non-hydrogen) atoms. The number of benzene rings is 1. The summed E-state index contributed by atoms with van der Waals surface area (Å²) in [5.74, 6) is -0.140. The molecule has 0 bridgehead atoms. The van der Waals surface area contributed by atoms with Gasteiger partial charge < -0.3 is 0 Å². The lowest BCUT2D eigenvalue weighted by Gasteiger charge is -2.13. The third kappa shape index (κ3) is 4.52. The number of aryl methyl sites for hydroxylation is 1. The Morgan fingerprint density at radius 3 is 2.16 bits per heavy atom. The van der Waals surface area contributed by atoms with Gasteiger partial charge in [-0.2, -0.15) is 0 Å². The lowest BCUT2D eigenvalue weighted by molar-refractivity contribution is -0.121. The number of sulfonamides is 1. The minimum atomic E-state index is -3.61. The van der Waals surface area contributed by atoms with Gasteiger partial charge in [-0.1, -0.05) is 38.5 Å². The molecule has 104 valence electrons. The molecule has 0 radical (unpaired) electrons. The standard InChI is InChI=1S/C14H19NO3S/c1-11-5-7-12(8-6-11)19(17,18)15-10-9-13(16)14(2,3)4/h5-10,15H,1-4H3/b10-9-. The van der Waals surface area contributed by atoms with Crippen LogP contribution < -0.4 is 4.72 Å². The summed E-state index contributed by atoms with van der Waals surface area (Å²) in [6.45, 7) is 7.20. The molecule has 0 spiro atoms. The van der Waals surface area contributed by atoms with E-state index >= 15 is 0 Å². The molecular weight excluding hydrogens is 262 g/mol. The molecule has 1 N–H and O–H groups in total. The summed E-state index contributed by atoms with van der Waals surface area (Å²) < 4.78 is 26.1. The zero-order valence-corrected chi connectivity index (χ0v) is 12.4. The highest BCUT2D eigenvalue weighted by Gasteiger charge is 2.18. The van der Waals surface area contributed by atoms with Crippen molar-refractivity contribution in [2.24, 2.45) is 5.41 Å². The van der Waals surface area contributed by atoms with Crippen molar-refractivity contribution < 1.29 is 13.2 Å². The van der Waals surface area contributed by atoms with E-state index in [1.807, 2.05) is 6.92 Å². The maximum Gasteiger partial charge on any atom is 0.261 e. The lowest BCUT2D eigenvalue weighted by atomic mass is 9.91. The second kappa shape index (κ2) is 5.57. The summed E-state index contributed by atoms with van der Waals surface area (Å²) >= 11 is 0. The highest BCUT2D eigenvalue weighted by atomic mass is 32.2. The summed E-state index contributed by atoms with van der Waals surface area (Å²) in [4.78, 5) is 11.8. The lowest BCUT2D eigenvalue weighted by Crippen LogP contribution is -2.21. The first-order valence-electron chi connectivity index (χ1n) is 5.93. The van der Waals surface area contributed by atoms with Crippen LogP contribution in [0.15, 0.2) is 41.4 Å². The van der Waals surface area contributed by atoms with E-state index in [1.54, 1.807) is 32.9 Å². The molecule has 0 saturated carbocycles. The molecule has 0 unspecified atom stereocenters. The van der Waals surface area contributed by atoms with Crippen LogP contribution in [-0.2, 0) is 14.8 Å².